The van der Waals surface area contributed by atoms with Gasteiger partial charge in [0.1, 0.15) is 0 Å². The molecule has 0 amide bonds. The zero-order valence-corrected chi connectivity index (χ0v) is 9.95. The SMILES string of the molecule is CCSC(=S)Oc1c(F)c(F)c(F)c(F)c1F. The summed E-state index contributed by atoms with van der Waals surface area (Å²) in [5, 5.41) is 0. The Bertz CT molecular complexity index is 434. The quantitative estimate of drug-likeness (QED) is 0.354. The average Bonchev–Trinajstić information content (AvgIpc) is 2.30. The summed E-state index contributed by atoms with van der Waals surface area (Å²) in [6.45, 7) is 1.68. The molecule has 0 fully saturated rings. The highest BCUT2D eigenvalue weighted by atomic mass is 32.2. The summed E-state index contributed by atoms with van der Waals surface area (Å²) in [5.41, 5.74) is 0. The van der Waals surface area contributed by atoms with Crippen molar-refractivity contribution >= 4 is 28.4 Å². The van der Waals surface area contributed by atoms with Crippen LogP contribution in [0.3, 0.4) is 0 Å². The largest absolute Gasteiger partial charge is 0.433 e. The van der Waals surface area contributed by atoms with Crippen molar-refractivity contribution in [3.63, 3.8) is 0 Å². The van der Waals surface area contributed by atoms with Crippen molar-refractivity contribution in [3.8, 4) is 5.75 Å². The van der Waals surface area contributed by atoms with Gasteiger partial charge < -0.3 is 4.74 Å². The highest BCUT2D eigenvalue weighted by Crippen LogP contribution is 2.30. The Morgan fingerprint density at radius 2 is 1.41 bits per heavy atom. The first-order valence-electron chi connectivity index (χ1n) is 4.26. The molecular weight excluding hydrogens is 283 g/mol. The normalized spacial score (nSPS) is 10.5. The first-order valence-corrected chi connectivity index (χ1v) is 5.65. The van der Waals surface area contributed by atoms with Crippen LogP contribution in [0, 0.1) is 29.1 Å². The van der Waals surface area contributed by atoms with Crippen molar-refractivity contribution in [3.05, 3.63) is 29.1 Å². The minimum Gasteiger partial charge on any atom is -0.433 e. The van der Waals surface area contributed by atoms with Gasteiger partial charge in [0.2, 0.25) is 39.2 Å². The van der Waals surface area contributed by atoms with Crippen molar-refractivity contribution in [2.75, 3.05) is 5.75 Å². The van der Waals surface area contributed by atoms with Crippen LogP contribution in [0.2, 0.25) is 0 Å². The predicted molar refractivity (Wildman–Crippen MR) is 57.6 cm³/mol. The second-order valence-electron chi connectivity index (χ2n) is 2.68. The van der Waals surface area contributed by atoms with Gasteiger partial charge in [-0.1, -0.05) is 18.7 Å². The fraction of sp³-hybridized carbons (Fsp3) is 0.222. The van der Waals surface area contributed by atoms with E-state index in [4.69, 9.17) is 0 Å². The fourth-order valence-electron chi connectivity index (χ4n) is 0.905. The minimum absolute atomic E-state index is 0.323. The van der Waals surface area contributed by atoms with Crippen molar-refractivity contribution in [2.45, 2.75) is 6.92 Å². The summed E-state index contributed by atoms with van der Waals surface area (Å²) >= 11 is 5.44. The molecule has 8 heteroatoms. The number of benzene rings is 1. The third kappa shape index (κ3) is 2.86. The summed E-state index contributed by atoms with van der Waals surface area (Å²) in [6, 6.07) is 0. The zero-order chi connectivity index (χ0) is 13.2. The third-order valence-electron chi connectivity index (χ3n) is 1.62. The van der Waals surface area contributed by atoms with Crippen LogP contribution in [0.15, 0.2) is 0 Å². The number of halogens is 5. The number of thioether (sulfide) groups is 1. The Morgan fingerprint density at radius 3 is 1.82 bits per heavy atom. The molecule has 0 spiro atoms. The highest BCUT2D eigenvalue weighted by Gasteiger charge is 2.27. The zero-order valence-electron chi connectivity index (χ0n) is 8.32. The lowest BCUT2D eigenvalue weighted by Crippen LogP contribution is -2.09. The molecule has 0 aromatic heterocycles. The summed E-state index contributed by atoms with van der Waals surface area (Å²) in [5.74, 6) is -11.4. The lowest BCUT2D eigenvalue weighted by Gasteiger charge is -2.09. The van der Waals surface area contributed by atoms with Crippen LogP contribution in [-0.2, 0) is 0 Å². The molecule has 0 radical (unpaired) electrons. The average molecular weight is 288 g/mol. The van der Waals surface area contributed by atoms with Crippen molar-refractivity contribution in [1.82, 2.24) is 0 Å². The van der Waals surface area contributed by atoms with Crippen LogP contribution >= 0.6 is 24.0 Å². The van der Waals surface area contributed by atoms with E-state index in [9.17, 15) is 22.0 Å². The topological polar surface area (TPSA) is 9.23 Å². The van der Waals surface area contributed by atoms with Gasteiger partial charge in [-0.2, -0.15) is 8.78 Å². The molecule has 1 aromatic carbocycles. The van der Waals surface area contributed by atoms with E-state index in [1.807, 2.05) is 0 Å². The first-order chi connectivity index (χ1) is 7.90. The molecule has 0 heterocycles. The standard InChI is InChI=1S/C9H5F5OS2/c1-2-17-9(16)15-8-6(13)4(11)3(10)5(12)7(8)14/h2H2,1H3. The number of rotatable bonds is 2. The second-order valence-corrected chi connectivity index (χ2v) is 4.55. The smallest absolute Gasteiger partial charge is 0.226 e. The van der Waals surface area contributed by atoms with E-state index in [-0.39, 0.29) is 4.38 Å². The van der Waals surface area contributed by atoms with Gasteiger partial charge in [0.25, 0.3) is 0 Å². The first kappa shape index (κ1) is 14.2. The molecule has 1 nitrogen and oxygen atoms in total. The van der Waals surface area contributed by atoms with Crippen LogP contribution in [0.4, 0.5) is 22.0 Å². The molecule has 0 saturated heterocycles. The van der Waals surface area contributed by atoms with Crippen LogP contribution < -0.4 is 4.74 Å². The molecule has 0 unspecified atom stereocenters. The number of thiocarbonyl (C=S) groups is 1. The van der Waals surface area contributed by atoms with E-state index in [0.717, 1.165) is 11.8 Å². The van der Waals surface area contributed by atoms with E-state index in [1.165, 1.54) is 0 Å². The lowest BCUT2D eigenvalue weighted by atomic mass is 10.3. The monoisotopic (exact) mass is 288 g/mol. The maximum atomic E-state index is 13.1. The van der Waals surface area contributed by atoms with Crippen LogP contribution in [-0.4, -0.2) is 10.1 Å². The molecule has 17 heavy (non-hydrogen) atoms. The van der Waals surface area contributed by atoms with E-state index >= 15 is 0 Å². The van der Waals surface area contributed by atoms with E-state index in [2.05, 4.69) is 17.0 Å². The summed E-state index contributed by atoms with van der Waals surface area (Å²) < 4.78 is 68.4. The number of hydrogen-bond acceptors (Lipinski definition) is 3. The minimum atomic E-state index is -2.23. The van der Waals surface area contributed by atoms with Crippen LogP contribution in [0.5, 0.6) is 5.75 Å². The van der Waals surface area contributed by atoms with Crippen LogP contribution in [0.1, 0.15) is 6.92 Å². The summed E-state index contributed by atoms with van der Waals surface area (Å²) in [4.78, 5) is 0. The Hall–Kier alpha value is -0.890. The molecule has 0 aliphatic heterocycles. The maximum absolute atomic E-state index is 13.1. The van der Waals surface area contributed by atoms with E-state index in [0.29, 0.717) is 5.75 Å². The van der Waals surface area contributed by atoms with Crippen molar-refractivity contribution < 1.29 is 26.7 Å². The third-order valence-corrected chi connectivity index (χ3v) is 2.66. The Balaban J connectivity index is 3.20. The molecule has 1 aromatic rings. The predicted octanol–water partition coefficient (Wildman–Crippen LogP) is 3.80. The van der Waals surface area contributed by atoms with E-state index in [1.54, 1.807) is 6.92 Å². The molecule has 1 rings (SSSR count). The van der Waals surface area contributed by atoms with Gasteiger partial charge in [-0.3, -0.25) is 0 Å². The van der Waals surface area contributed by atoms with Crippen LogP contribution in [0.25, 0.3) is 0 Å². The second kappa shape index (κ2) is 5.63. The molecular formula is C9H5F5OS2. The van der Waals surface area contributed by atoms with Gasteiger partial charge in [0, 0.05) is 0 Å². The Kier molecular flexibility index (Phi) is 4.70. The molecule has 0 aliphatic carbocycles. The van der Waals surface area contributed by atoms with Gasteiger partial charge >= 0.3 is 0 Å². The highest BCUT2D eigenvalue weighted by molar-refractivity contribution is 8.22. The molecule has 94 valence electrons. The van der Waals surface area contributed by atoms with Crippen molar-refractivity contribution in [2.24, 2.45) is 0 Å². The summed E-state index contributed by atoms with van der Waals surface area (Å²) in [7, 11) is 0. The van der Waals surface area contributed by atoms with E-state index < -0.39 is 34.8 Å². The number of hydrogen-bond donors (Lipinski definition) is 0. The molecule has 0 bridgehead atoms. The molecule has 0 atom stereocenters. The van der Waals surface area contributed by atoms with Gasteiger partial charge in [-0.25, -0.2) is 13.2 Å². The van der Waals surface area contributed by atoms with Gasteiger partial charge in [0.05, 0.1) is 0 Å². The Labute approximate surface area is 103 Å². The molecule has 0 saturated carbocycles. The molecule has 0 N–H and O–H groups in total. The van der Waals surface area contributed by atoms with Crippen molar-refractivity contribution in [1.29, 1.82) is 0 Å². The fourth-order valence-corrected chi connectivity index (χ4v) is 1.72. The van der Waals surface area contributed by atoms with Gasteiger partial charge in [-0.15, -0.1) is 0 Å². The summed E-state index contributed by atoms with van der Waals surface area (Å²) in [6.07, 6.45) is 0. The number of ether oxygens (including phenoxy) is 1. The Morgan fingerprint density at radius 1 is 1.00 bits per heavy atom. The van der Waals surface area contributed by atoms with Gasteiger partial charge in [-0.05, 0) is 18.0 Å². The maximum Gasteiger partial charge on any atom is 0.226 e. The lowest BCUT2D eigenvalue weighted by molar-refractivity contribution is 0.348. The van der Waals surface area contributed by atoms with Gasteiger partial charge in [0.15, 0.2) is 0 Å². The molecule has 0 aliphatic rings.